The highest BCUT2D eigenvalue weighted by Crippen LogP contribution is 2.42. The van der Waals surface area contributed by atoms with Gasteiger partial charge in [0, 0.05) is 11.6 Å². The minimum Gasteiger partial charge on any atom is -0.478 e. The molecule has 1 rings (SSSR count). The summed E-state index contributed by atoms with van der Waals surface area (Å²) in [5.74, 6) is -2.38. The minimum absolute atomic E-state index is 0.0625. The van der Waals surface area contributed by atoms with Crippen molar-refractivity contribution in [3.63, 3.8) is 0 Å². The third-order valence-electron chi connectivity index (χ3n) is 5.97. The first kappa shape index (κ1) is 24.9. The van der Waals surface area contributed by atoms with Crippen molar-refractivity contribution in [2.75, 3.05) is 0 Å². The molecule has 29 heavy (non-hydrogen) atoms. The molecule has 1 aliphatic rings. The smallest absolute Gasteiger partial charge is 0.331 e. The van der Waals surface area contributed by atoms with E-state index in [2.05, 4.69) is 33.8 Å². The lowest BCUT2D eigenvalue weighted by Gasteiger charge is -2.35. The number of hydrogen-bond acceptors (Lipinski definition) is 2. The molecule has 162 valence electrons. The summed E-state index contributed by atoms with van der Waals surface area (Å²) in [4.78, 5) is 21.7. The van der Waals surface area contributed by atoms with Gasteiger partial charge in [0.15, 0.2) is 0 Å². The lowest BCUT2D eigenvalue weighted by molar-refractivity contribution is -0.135. The lowest BCUT2D eigenvalue weighted by atomic mass is 9.71. The van der Waals surface area contributed by atoms with Crippen LogP contribution in [0.5, 0.6) is 0 Å². The van der Waals surface area contributed by atoms with Crippen molar-refractivity contribution in [1.82, 2.24) is 0 Å². The van der Waals surface area contributed by atoms with Gasteiger partial charge in [0.05, 0.1) is 0 Å². The number of rotatable bonds is 11. The van der Waals surface area contributed by atoms with Gasteiger partial charge in [0.2, 0.25) is 0 Å². The molecular weight excluding hydrogens is 364 g/mol. The second-order valence-corrected chi connectivity index (χ2v) is 8.99. The van der Waals surface area contributed by atoms with Crippen molar-refractivity contribution in [3.05, 3.63) is 46.1 Å². The van der Waals surface area contributed by atoms with Crippen LogP contribution in [0.25, 0.3) is 0 Å². The van der Waals surface area contributed by atoms with E-state index in [1.54, 1.807) is 11.1 Å². The summed E-state index contributed by atoms with van der Waals surface area (Å²) in [7, 11) is 0. The predicted molar refractivity (Wildman–Crippen MR) is 119 cm³/mol. The van der Waals surface area contributed by atoms with E-state index in [-0.39, 0.29) is 12.0 Å². The lowest BCUT2D eigenvalue weighted by Crippen LogP contribution is -2.20. The monoisotopic (exact) mass is 402 g/mol. The number of carboxylic acid groups (broad SMARTS) is 2. The van der Waals surface area contributed by atoms with Gasteiger partial charge in [-0.2, -0.15) is 0 Å². The van der Waals surface area contributed by atoms with Gasteiger partial charge >= 0.3 is 11.9 Å². The van der Waals surface area contributed by atoms with E-state index < -0.39 is 11.9 Å². The number of hydrogen-bond donors (Lipinski definition) is 2. The first-order chi connectivity index (χ1) is 13.5. The second-order valence-electron chi connectivity index (χ2n) is 8.99. The fourth-order valence-corrected chi connectivity index (χ4v) is 4.16. The van der Waals surface area contributed by atoms with Crippen molar-refractivity contribution in [2.24, 2.45) is 5.41 Å². The fraction of sp³-hybridized carbons (Fsp3) is 0.600. The SMILES string of the molecule is CC1=C(CC/C(C)=C/CC/C(C)=C/CC/C(=C/C(=O)O)C(=O)O)C(C)(C)CCC1. The minimum atomic E-state index is -1.22. The van der Waals surface area contributed by atoms with E-state index in [4.69, 9.17) is 10.2 Å². The van der Waals surface area contributed by atoms with E-state index in [0.717, 1.165) is 31.8 Å². The maximum absolute atomic E-state index is 11.0. The number of carboxylic acids is 2. The summed E-state index contributed by atoms with van der Waals surface area (Å²) in [5, 5.41) is 17.7. The summed E-state index contributed by atoms with van der Waals surface area (Å²) < 4.78 is 0. The molecule has 0 heterocycles. The van der Waals surface area contributed by atoms with Crippen LogP contribution >= 0.6 is 0 Å². The molecule has 1 aliphatic carbocycles. The number of aliphatic carboxylic acids is 2. The molecule has 0 saturated carbocycles. The summed E-state index contributed by atoms with van der Waals surface area (Å²) in [6, 6.07) is 0. The van der Waals surface area contributed by atoms with Gasteiger partial charge in [-0.1, -0.05) is 48.3 Å². The van der Waals surface area contributed by atoms with Crippen LogP contribution in [0.2, 0.25) is 0 Å². The third kappa shape index (κ3) is 9.29. The Balaban J connectivity index is 2.46. The first-order valence-electron chi connectivity index (χ1n) is 10.7. The van der Waals surface area contributed by atoms with Gasteiger partial charge in [-0.15, -0.1) is 0 Å². The van der Waals surface area contributed by atoms with Crippen LogP contribution in [0.1, 0.15) is 92.4 Å². The Kier molecular flexibility index (Phi) is 10.1. The molecule has 0 radical (unpaired) electrons. The summed E-state index contributed by atoms with van der Waals surface area (Å²) in [5.41, 5.74) is 6.15. The highest BCUT2D eigenvalue weighted by Gasteiger charge is 2.27. The Morgan fingerprint density at radius 1 is 1.00 bits per heavy atom. The molecule has 0 spiro atoms. The zero-order valence-electron chi connectivity index (χ0n) is 18.8. The van der Waals surface area contributed by atoms with Crippen LogP contribution < -0.4 is 0 Å². The van der Waals surface area contributed by atoms with Crippen molar-refractivity contribution in [3.8, 4) is 0 Å². The van der Waals surface area contributed by atoms with Crippen LogP contribution in [0.3, 0.4) is 0 Å². The zero-order chi connectivity index (χ0) is 22.0. The van der Waals surface area contributed by atoms with Gasteiger partial charge in [-0.25, -0.2) is 9.59 Å². The Hall–Kier alpha value is -2.10. The molecule has 0 saturated heterocycles. The zero-order valence-corrected chi connectivity index (χ0v) is 18.8. The van der Waals surface area contributed by atoms with Crippen LogP contribution in [0.4, 0.5) is 0 Å². The van der Waals surface area contributed by atoms with Gasteiger partial charge < -0.3 is 10.2 Å². The van der Waals surface area contributed by atoms with Crippen molar-refractivity contribution >= 4 is 11.9 Å². The number of carbonyl (C=O) groups is 2. The van der Waals surface area contributed by atoms with Gasteiger partial charge in [-0.3, -0.25) is 0 Å². The van der Waals surface area contributed by atoms with Crippen LogP contribution in [0.15, 0.2) is 46.1 Å². The van der Waals surface area contributed by atoms with E-state index in [0.29, 0.717) is 11.8 Å². The molecule has 0 aromatic rings. The predicted octanol–water partition coefficient (Wildman–Crippen LogP) is 6.84. The van der Waals surface area contributed by atoms with Crippen LogP contribution in [0, 0.1) is 5.41 Å². The van der Waals surface area contributed by atoms with E-state index >= 15 is 0 Å². The molecular formula is C25H38O4. The molecule has 0 aliphatic heterocycles. The van der Waals surface area contributed by atoms with Crippen molar-refractivity contribution in [1.29, 1.82) is 0 Å². The maximum atomic E-state index is 11.0. The van der Waals surface area contributed by atoms with Gasteiger partial charge in [0.1, 0.15) is 0 Å². The van der Waals surface area contributed by atoms with E-state index in [1.165, 1.54) is 30.4 Å². The highest BCUT2D eigenvalue weighted by atomic mass is 16.4. The molecule has 0 aromatic heterocycles. The quantitative estimate of drug-likeness (QED) is 0.293. The molecule has 0 atom stereocenters. The average Bonchev–Trinajstić information content (AvgIpc) is 2.59. The Morgan fingerprint density at radius 3 is 2.14 bits per heavy atom. The summed E-state index contributed by atoms with van der Waals surface area (Å²) in [6.45, 7) is 11.3. The van der Waals surface area contributed by atoms with Crippen molar-refractivity contribution < 1.29 is 19.8 Å². The second kappa shape index (κ2) is 11.8. The molecule has 2 N–H and O–H groups in total. The molecule has 0 bridgehead atoms. The van der Waals surface area contributed by atoms with Gasteiger partial charge in [0.25, 0.3) is 0 Å². The Bertz CT molecular complexity index is 717. The fourth-order valence-electron chi connectivity index (χ4n) is 4.16. The maximum Gasteiger partial charge on any atom is 0.331 e. The topological polar surface area (TPSA) is 74.6 Å². The third-order valence-corrected chi connectivity index (χ3v) is 5.97. The Labute approximate surface area is 176 Å². The van der Waals surface area contributed by atoms with Crippen LogP contribution in [-0.2, 0) is 9.59 Å². The molecule has 0 aromatic carbocycles. The molecule has 0 unspecified atom stereocenters. The first-order valence-corrected chi connectivity index (χ1v) is 10.7. The van der Waals surface area contributed by atoms with E-state index in [9.17, 15) is 9.59 Å². The van der Waals surface area contributed by atoms with Crippen LogP contribution in [-0.4, -0.2) is 22.2 Å². The number of allylic oxidation sites excluding steroid dienone is 6. The molecule has 4 nitrogen and oxygen atoms in total. The standard InChI is InChI=1S/C25H38O4/c1-18(11-7-13-21(24(28)29)17-23(26)27)9-6-10-19(2)14-15-22-20(3)12-8-16-25(22,4)5/h10-11,17H,6-9,12-16H2,1-5H3,(H,26,27)(H,28,29)/b18-11+,19-10+,21-17-. The molecule has 0 amide bonds. The molecule has 0 fully saturated rings. The van der Waals surface area contributed by atoms with Crippen molar-refractivity contribution in [2.45, 2.75) is 92.4 Å². The Morgan fingerprint density at radius 2 is 1.59 bits per heavy atom. The molecule has 4 heteroatoms. The van der Waals surface area contributed by atoms with E-state index in [1.807, 2.05) is 13.0 Å². The summed E-state index contributed by atoms with van der Waals surface area (Å²) >= 11 is 0. The van der Waals surface area contributed by atoms with Gasteiger partial charge in [-0.05, 0) is 84.0 Å². The highest BCUT2D eigenvalue weighted by molar-refractivity contribution is 5.94. The summed E-state index contributed by atoms with van der Waals surface area (Å²) in [6.07, 6.45) is 13.9. The largest absolute Gasteiger partial charge is 0.478 e. The average molecular weight is 403 g/mol. The normalized spacial score (nSPS) is 18.2.